The van der Waals surface area contributed by atoms with Crippen LogP contribution in [0, 0.1) is 18.3 Å². The summed E-state index contributed by atoms with van der Waals surface area (Å²) in [7, 11) is 1.83. The van der Waals surface area contributed by atoms with Crippen molar-refractivity contribution in [2.75, 3.05) is 25.0 Å². The van der Waals surface area contributed by atoms with Crippen LogP contribution in [0.25, 0.3) is 0 Å². The molecule has 0 N–H and O–H groups in total. The summed E-state index contributed by atoms with van der Waals surface area (Å²) in [5.74, 6) is 1.54. The van der Waals surface area contributed by atoms with E-state index < -0.39 is 6.17 Å². The van der Waals surface area contributed by atoms with Gasteiger partial charge in [-0.3, -0.25) is 4.90 Å². The minimum atomic E-state index is -0.895. The molecule has 3 rings (SSSR count). The second-order valence-electron chi connectivity index (χ2n) is 5.87. The van der Waals surface area contributed by atoms with Gasteiger partial charge < -0.3 is 9.42 Å². The number of nitriles is 1. The third-order valence-corrected chi connectivity index (χ3v) is 4.02. The molecule has 1 aliphatic heterocycles. The lowest BCUT2D eigenvalue weighted by molar-refractivity contribution is 0.228. The van der Waals surface area contributed by atoms with Crippen LogP contribution in [0.3, 0.4) is 0 Å². The molecule has 8 nitrogen and oxygen atoms in total. The standard InChI is InChI=1S/C15H18FN7O/c1-10-20-14(21-24-10)9-23-7-11(16)5-12(23)8-22(2)15-13(6-17)18-3-4-19-15/h3-4,11-12H,5,7-9H2,1-2H3/t11-,12-/m0/s1. The molecule has 2 atom stereocenters. The van der Waals surface area contributed by atoms with E-state index in [1.807, 2.05) is 22.9 Å². The molecule has 0 unspecified atom stereocenters. The van der Waals surface area contributed by atoms with Gasteiger partial charge in [0, 0.05) is 45.5 Å². The number of likely N-dealkylation sites (N-methyl/N-ethyl adjacent to an activating group) is 1. The van der Waals surface area contributed by atoms with Crippen LogP contribution in [-0.4, -0.2) is 57.4 Å². The Balaban J connectivity index is 1.71. The quantitative estimate of drug-likeness (QED) is 0.803. The predicted molar refractivity (Wildman–Crippen MR) is 82.8 cm³/mol. The Kier molecular flexibility index (Phi) is 4.66. The number of hydrogen-bond acceptors (Lipinski definition) is 8. The Labute approximate surface area is 138 Å². The van der Waals surface area contributed by atoms with E-state index in [4.69, 9.17) is 9.78 Å². The zero-order valence-corrected chi connectivity index (χ0v) is 13.6. The third kappa shape index (κ3) is 3.49. The summed E-state index contributed by atoms with van der Waals surface area (Å²) in [6.45, 7) is 3.02. The first kappa shape index (κ1) is 16.3. The predicted octanol–water partition coefficient (Wildman–Crippen LogP) is 1.09. The van der Waals surface area contributed by atoms with Crippen LogP contribution < -0.4 is 4.90 Å². The normalized spacial score (nSPS) is 20.9. The van der Waals surface area contributed by atoms with E-state index in [9.17, 15) is 4.39 Å². The van der Waals surface area contributed by atoms with Gasteiger partial charge in [-0.1, -0.05) is 5.16 Å². The molecule has 1 aliphatic rings. The first-order valence-electron chi connectivity index (χ1n) is 7.66. The fraction of sp³-hybridized carbons (Fsp3) is 0.533. The van der Waals surface area contributed by atoms with Crippen molar-refractivity contribution in [3.05, 3.63) is 29.8 Å². The average Bonchev–Trinajstić information content (AvgIpc) is 3.13. The molecule has 0 aromatic carbocycles. The monoisotopic (exact) mass is 331 g/mol. The first-order valence-corrected chi connectivity index (χ1v) is 7.66. The van der Waals surface area contributed by atoms with Gasteiger partial charge in [-0.2, -0.15) is 10.2 Å². The Hall–Kier alpha value is -2.60. The molecule has 2 aromatic rings. The maximum atomic E-state index is 13.9. The van der Waals surface area contributed by atoms with Gasteiger partial charge in [0.25, 0.3) is 0 Å². The van der Waals surface area contributed by atoms with E-state index >= 15 is 0 Å². The van der Waals surface area contributed by atoms with Crippen molar-refractivity contribution in [1.82, 2.24) is 25.0 Å². The Morgan fingerprint density at radius 1 is 1.46 bits per heavy atom. The fourth-order valence-electron chi connectivity index (χ4n) is 2.98. The average molecular weight is 331 g/mol. The third-order valence-electron chi connectivity index (χ3n) is 4.02. The van der Waals surface area contributed by atoms with Gasteiger partial charge in [0.1, 0.15) is 12.2 Å². The minimum absolute atomic E-state index is 0.0302. The second-order valence-corrected chi connectivity index (χ2v) is 5.87. The summed E-state index contributed by atoms with van der Waals surface area (Å²) in [5, 5.41) is 13.0. The highest BCUT2D eigenvalue weighted by molar-refractivity contribution is 5.48. The molecule has 2 aromatic heterocycles. The van der Waals surface area contributed by atoms with E-state index in [0.717, 1.165) is 0 Å². The molecule has 3 heterocycles. The van der Waals surface area contributed by atoms with Crippen LogP contribution >= 0.6 is 0 Å². The molecule has 126 valence electrons. The summed E-state index contributed by atoms with van der Waals surface area (Å²) in [5.41, 5.74) is 0.259. The van der Waals surface area contributed by atoms with Crippen molar-refractivity contribution >= 4 is 5.82 Å². The van der Waals surface area contributed by atoms with Crippen LogP contribution in [0.15, 0.2) is 16.9 Å². The van der Waals surface area contributed by atoms with E-state index in [1.54, 1.807) is 13.1 Å². The summed E-state index contributed by atoms with van der Waals surface area (Å²) in [4.78, 5) is 16.2. The number of likely N-dealkylation sites (tertiary alicyclic amines) is 1. The van der Waals surface area contributed by atoms with Crippen molar-refractivity contribution in [2.24, 2.45) is 0 Å². The Bertz CT molecular complexity index is 743. The lowest BCUT2D eigenvalue weighted by atomic mass is 10.2. The van der Waals surface area contributed by atoms with E-state index in [1.165, 1.54) is 6.20 Å². The fourth-order valence-corrected chi connectivity index (χ4v) is 2.98. The number of anilines is 1. The van der Waals surface area contributed by atoms with Crippen LogP contribution in [0.5, 0.6) is 0 Å². The van der Waals surface area contributed by atoms with Gasteiger partial charge in [-0.15, -0.1) is 0 Å². The second kappa shape index (κ2) is 6.88. The van der Waals surface area contributed by atoms with Crippen molar-refractivity contribution in [3.8, 4) is 6.07 Å². The number of aryl methyl sites for hydroxylation is 1. The molecule has 9 heteroatoms. The summed E-state index contributed by atoms with van der Waals surface area (Å²) in [6.07, 6.45) is 2.55. The molecular formula is C15H18FN7O. The van der Waals surface area contributed by atoms with Crippen LogP contribution in [0.4, 0.5) is 10.2 Å². The van der Waals surface area contributed by atoms with Gasteiger partial charge in [-0.25, -0.2) is 14.4 Å². The Morgan fingerprint density at radius 2 is 2.25 bits per heavy atom. The summed E-state index contributed by atoms with van der Waals surface area (Å²) >= 11 is 0. The Morgan fingerprint density at radius 3 is 2.96 bits per heavy atom. The minimum Gasteiger partial charge on any atom is -0.356 e. The highest BCUT2D eigenvalue weighted by Gasteiger charge is 2.34. The molecule has 0 radical (unpaired) electrons. The highest BCUT2D eigenvalue weighted by atomic mass is 19.1. The van der Waals surface area contributed by atoms with E-state index in [0.29, 0.717) is 43.6 Å². The zero-order valence-electron chi connectivity index (χ0n) is 13.6. The molecular weight excluding hydrogens is 313 g/mol. The molecule has 0 aliphatic carbocycles. The SMILES string of the molecule is Cc1nc(CN2C[C@@H](F)C[C@H]2CN(C)c2nccnc2C#N)no1. The largest absolute Gasteiger partial charge is 0.356 e. The lowest BCUT2D eigenvalue weighted by Crippen LogP contribution is -2.39. The van der Waals surface area contributed by atoms with Crippen LogP contribution in [0.2, 0.25) is 0 Å². The van der Waals surface area contributed by atoms with Crippen LogP contribution in [-0.2, 0) is 6.54 Å². The van der Waals surface area contributed by atoms with E-state index in [2.05, 4.69) is 20.1 Å². The number of alkyl halides is 1. The topological polar surface area (TPSA) is 95.0 Å². The molecule has 1 fully saturated rings. The summed E-state index contributed by atoms with van der Waals surface area (Å²) < 4.78 is 18.9. The molecule has 24 heavy (non-hydrogen) atoms. The van der Waals surface area contributed by atoms with Crippen molar-refractivity contribution in [3.63, 3.8) is 0 Å². The van der Waals surface area contributed by atoms with Gasteiger partial charge in [0.2, 0.25) is 5.89 Å². The zero-order chi connectivity index (χ0) is 17.1. The molecule has 0 spiro atoms. The molecule has 0 amide bonds. The molecule has 0 bridgehead atoms. The number of aromatic nitrogens is 4. The number of rotatable bonds is 5. The van der Waals surface area contributed by atoms with Gasteiger partial charge in [0.15, 0.2) is 17.3 Å². The van der Waals surface area contributed by atoms with E-state index in [-0.39, 0.29) is 11.7 Å². The van der Waals surface area contributed by atoms with Gasteiger partial charge in [-0.05, 0) is 6.42 Å². The smallest absolute Gasteiger partial charge is 0.223 e. The van der Waals surface area contributed by atoms with Crippen molar-refractivity contribution in [1.29, 1.82) is 5.26 Å². The van der Waals surface area contributed by atoms with Crippen molar-refractivity contribution in [2.45, 2.75) is 32.1 Å². The molecule has 1 saturated heterocycles. The lowest BCUT2D eigenvalue weighted by Gasteiger charge is -2.28. The summed E-state index contributed by atoms with van der Waals surface area (Å²) in [6, 6.07) is 2.00. The highest BCUT2D eigenvalue weighted by Crippen LogP contribution is 2.24. The van der Waals surface area contributed by atoms with Crippen molar-refractivity contribution < 1.29 is 8.91 Å². The number of halogens is 1. The maximum Gasteiger partial charge on any atom is 0.223 e. The molecule has 0 saturated carbocycles. The first-order chi connectivity index (χ1) is 11.6. The van der Waals surface area contributed by atoms with Gasteiger partial charge >= 0.3 is 0 Å². The number of hydrogen-bond donors (Lipinski definition) is 0. The van der Waals surface area contributed by atoms with Gasteiger partial charge in [0.05, 0.1) is 6.54 Å². The maximum absolute atomic E-state index is 13.9. The number of nitrogens with zero attached hydrogens (tertiary/aromatic N) is 7. The van der Waals surface area contributed by atoms with Crippen LogP contribution in [0.1, 0.15) is 23.8 Å².